The average molecular weight is 274 g/mol. The topological polar surface area (TPSA) is 36.4 Å². The van der Waals surface area contributed by atoms with Crippen LogP contribution in [0.15, 0.2) is 4.99 Å². The molecule has 2 fully saturated rings. The Balaban J connectivity index is 0.00000162. The van der Waals surface area contributed by atoms with Crippen LogP contribution in [0.3, 0.4) is 0 Å². The number of nitrogens with one attached hydrogen (secondary N) is 2. The van der Waals surface area contributed by atoms with Crippen LogP contribution in [0.5, 0.6) is 0 Å². The molecule has 0 unspecified atom stereocenters. The lowest BCUT2D eigenvalue weighted by molar-refractivity contribution is 0.389. The smallest absolute Gasteiger partial charge is 0.191 e. The zero-order valence-electron chi connectivity index (χ0n) is 11.6. The maximum atomic E-state index is 4.37. The lowest BCUT2D eigenvalue weighted by atomic mass is 9.95. The molecule has 2 aliphatic carbocycles. The van der Waals surface area contributed by atoms with Crippen molar-refractivity contribution < 1.29 is 0 Å². The van der Waals surface area contributed by atoms with E-state index in [4.69, 9.17) is 0 Å². The second kappa shape index (κ2) is 8.63. The third kappa shape index (κ3) is 5.05. The van der Waals surface area contributed by atoms with Crippen LogP contribution in [0.4, 0.5) is 0 Å². The molecule has 0 spiro atoms. The van der Waals surface area contributed by atoms with E-state index in [1.54, 1.807) is 0 Å². The molecule has 0 aromatic rings. The van der Waals surface area contributed by atoms with Crippen LogP contribution in [0.1, 0.15) is 64.2 Å². The first-order chi connectivity index (χ1) is 8.38. The monoisotopic (exact) mass is 273 g/mol. The Morgan fingerprint density at radius 1 is 0.778 bits per heavy atom. The van der Waals surface area contributed by atoms with Crippen LogP contribution in [-0.4, -0.2) is 25.1 Å². The van der Waals surface area contributed by atoms with E-state index in [9.17, 15) is 0 Å². The Kier molecular flexibility index (Phi) is 7.48. The molecular formula is C14H28ClN3. The van der Waals surface area contributed by atoms with Crippen molar-refractivity contribution in [1.82, 2.24) is 10.6 Å². The van der Waals surface area contributed by atoms with E-state index in [1.807, 2.05) is 7.05 Å². The van der Waals surface area contributed by atoms with Crippen LogP contribution in [0.25, 0.3) is 0 Å². The van der Waals surface area contributed by atoms with Gasteiger partial charge in [-0.2, -0.15) is 0 Å². The number of aliphatic imine (C=N–C) groups is 1. The molecule has 0 saturated heterocycles. The molecule has 2 rings (SSSR count). The molecular weight excluding hydrogens is 246 g/mol. The maximum absolute atomic E-state index is 4.37. The molecule has 106 valence electrons. The van der Waals surface area contributed by atoms with Crippen molar-refractivity contribution >= 4 is 18.4 Å². The number of hydrogen-bond donors (Lipinski definition) is 2. The zero-order chi connectivity index (χ0) is 11.9. The van der Waals surface area contributed by atoms with Crippen LogP contribution in [0.2, 0.25) is 0 Å². The van der Waals surface area contributed by atoms with Gasteiger partial charge in [0, 0.05) is 19.1 Å². The Bertz CT molecular complexity index is 221. The summed E-state index contributed by atoms with van der Waals surface area (Å²) in [7, 11) is 1.89. The van der Waals surface area contributed by atoms with Gasteiger partial charge in [-0.25, -0.2) is 0 Å². The van der Waals surface area contributed by atoms with Gasteiger partial charge < -0.3 is 10.6 Å². The molecule has 0 aromatic heterocycles. The lowest BCUT2D eigenvalue weighted by Crippen LogP contribution is -2.48. The molecule has 2 N–H and O–H groups in total. The summed E-state index contributed by atoms with van der Waals surface area (Å²) in [5.74, 6) is 1.03. The van der Waals surface area contributed by atoms with Gasteiger partial charge in [-0.1, -0.05) is 38.5 Å². The summed E-state index contributed by atoms with van der Waals surface area (Å²) >= 11 is 0. The van der Waals surface area contributed by atoms with Gasteiger partial charge in [0.25, 0.3) is 0 Å². The molecule has 2 saturated carbocycles. The lowest BCUT2D eigenvalue weighted by Gasteiger charge is -2.29. The first kappa shape index (κ1) is 15.6. The van der Waals surface area contributed by atoms with Gasteiger partial charge in [0.05, 0.1) is 0 Å². The third-order valence-corrected chi connectivity index (χ3v) is 4.12. The molecule has 0 atom stereocenters. The molecule has 0 radical (unpaired) electrons. The summed E-state index contributed by atoms with van der Waals surface area (Å²) in [4.78, 5) is 4.37. The van der Waals surface area contributed by atoms with Crippen molar-refractivity contribution in [3.05, 3.63) is 0 Å². The Labute approximate surface area is 118 Å². The fraction of sp³-hybridized carbons (Fsp3) is 0.929. The molecule has 2 aliphatic rings. The van der Waals surface area contributed by atoms with E-state index < -0.39 is 0 Å². The van der Waals surface area contributed by atoms with Gasteiger partial charge in [0.2, 0.25) is 0 Å². The maximum Gasteiger partial charge on any atom is 0.191 e. The number of rotatable bonds is 2. The Morgan fingerprint density at radius 3 is 1.50 bits per heavy atom. The molecule has 0 bridgehead atoms. The normalized spacial score (nSPS) is 21.8. The van der Waals surface area contributed by atoms with E-state index in [0.29, 0.717) is 12.1 Å². The first-order valence-electron chi connectivity index (χ1n) is 7.38. The van der Waals surface area contributed by atoms with Crippen molar-refractivity contribution in [2.24, 2.45) is 4.99 Å². The fourth-order valence-electron chi connectivity index (χ4n) is 3.05. The fourth-order valence-corrected chi connectivity index (χ4v) is 3.05. The highest BCUT2D eigenvalue weighted by atomic mass is 35.5. The SMILES string of the molecule is CN=C(NC1CCCCC1)NC1CCCCC1.Cl. The second-order valence-corrected chi connectivity index (χ2v) is 5.53. The highest BCUT2D eigenvalue weighted by molar-refractivity contribution is 5.85. The average Bonchev–Trinajstić information content (AvgIpc) is 2.40. The van der Waals surface area contributed by atoms with Crippen LogP contribution < -0.4 is 10.6 Å². The zero-order valence-corrected chi connectivity index (χ0v) is 12.4. The highest BCUT2D eigenvalue weighted by Crippen LogP contribution is 2.19. The number of hydrogen-bond acceptors (Lipinski definition) is 1. The molecule has 0 amide bonds. The van der Waals surface area contributed by atoms with E-state index >= 15 is 0 Å². The minimum Gasteiger partial charge on any atom is -0.354 e. The minimum absolute atomic E-state index is 0. The van der Waals surface area contributed by atoms with Gasteiger partial charge in [-0.3, -0.25) is 4.99 Å². The van der Waals surface area contributed by atoms with Crippen LogP contribution >= 0.6 is 12.4 Å². The Morgan fingerprint density at radius 2 is 1.17 bits per heavy atom. The van der Waals surface area contributed by atoms with Gasteiger partial charge in [-0.05, 0) is 25.7 Å². The third-order valence-electron chi connectivity index (χ3n) is 4.12. The summed E-state index contributed by atoms with van der Waals surface area (Å²) in [6.07, 6.45) is 13.6. The van der Waals surface area contributed by atoms with Gasteiger partial charge in [0.15, 0.2) is 5.96 Å². The largest absolute Gasteiger partial charge is 0.354 e. The number of guanidine groups is 1. The first-order valence-corrected chi connectivity index (χ1v) is 7.38. The van der Waals surface area contributed by atoms with Crippen molar-refractivity contribution in [3.8, 4) is 0 Å². The molecule has 3 nitrogen and oxygen atoms in total. The highest BCUT2D eigenvalue weighted by Gasteiger charge is 2.18. The molecule has 0 heterocycles. The van der Waals surface area contributed by atoms with E-state index in [1.165, 1.54) is 64.2 Å². The molecule has 4 heteroatoms. The molecule has 18 heavy (non-hydrogen) atoms. The van der Waals surface area contributed by atoms with E-state index in [2.05, 4.69) is 15.6 Å². The van der Waals surface area contributed by atoms with Gasteiger partial charge >= 0.3 is 0 Å². The standard InChI is InChI=1S/C14H27N3.ClH/c1-15-14(16-12-8-4-2-5-9-12)17-13-10-6-3-7-11-13;/h12-13H,2-11H2,1H3,(H2,15,16,17);1H. The van der Waals surface area contributed by atoms with Gasteiger partial charge in [0.1, 0.15) is 0 Å². The van der Waals surface area contributed by atoms with Gasteiger partial charge in [-0.15, -0.1) is 12.4 Å². The van der Waals surface area contributed by atoms with E-state index in [0.717, 1.165) is 5.96 Å². The summed E-state index contributed by atoms with van der Waals surface area (Å²) < 4.78 is 0. The minimum atomic E-state index is 0. The van der Waals surface area contributed by atoms with Crippen molar-refractivity contribution in [2.75, 3.05) is 7.05 Å². The predicted molar refractivity (Wildman–Crippen MR) is 80.6 cm³/mol. The number of nitrogens with zero attached hydrogens (tertiary/aromatic N) is 1. The predicted octanol–water partition coefficient (Wildman–Crippen LogP) is 3.24. The quantitative estimate of drug-likeness (QED) is 0.599. The van der Waals surface area contributed by atoms with Crippen molar-refractivity contribution in [3.63, 3.8) is 0 Å². The summed E-state index contributed by atoms with van der Waals surface area (Å²) in [6.45, 7) is 0. The number of halogens is 1. The molecule has 0 aliphatic heterocycles. The van der Waals surface area contributed by atoms with Crippen molar-refractivity contribution in [1.29, 1.82) is 0 Å². The second-order valence-electron chi connectivity index (χ2n) is 5.53. The summed E-state index contributed by atoms with van der Waals surface area (Å²) in [6, 6.07) is 1.30. The van der Waals surface area contributed by atoms with E-state index in [-0.39, 0.29) is 12.4 Å². The summed E-state index contributed by atoms with van der Waals surface area (Å²) in [5, 5.41) is 7.18. The Hall–Kier alpha value is -0.440. The summed E-state index contributed by atoms with van der Waals surface area (Å²) in [5.41, 5.74) is 0. The van der Waals surface area contributed by atoms with Crippen LogP contribution in [-0.2, 0) is 0 Å². The molecule has 0 aromatic carbocycles. The van der Waals surface area contributed by atoms with Crippen LogP contribution in [0, 0.1) is 0 Å². The van der Waals surface area contributed by atoms with Crippen molar-refractivity contribution in [2.45, 2.75) is 76.3 Å².